The summed E-state index contributed by atoms with van der Waals surface area (Å²) in [6.07, 6.45) is 6.94. The number of rotatable bonds is 5. The molecule has 0 heterocycles. The highest BCUT2D eigenvalue weighted by molar-refractivity contribution is 7.90. The van der Waals surface area contributed by atoms with Gasteiger partial charge in [0.15, 0.2) is 9.84 Å². The second kappa shape index (κ2) is 6.93. The number of carbonyl (C=O) groups excluding carboxylic acids is 1. The van der Waals surface area contributed by atoms with Gasteiger partial charge < -0.3 is 10.6 Å². The summed E-state index contributed by atoms with van der Waals surface area (Å²) in [5.41, 5.74) is 0.737. The highest BCUT2D eigenvalue weighted by atomic mass is 32.2. The van der Waals surface area contributed by atoms with E-state index in [4.69, 9.17) is 0 Å². The van der Waals surface area contributed by atoms with Gasteiger partial charge in [0.25, 0.3) is 0 Å². The first-order valence-electron chi connectivity index (χ1n) is 7.28. The quantitative estimate of drug-likeness (QED) is 0.871. The average molecular weight is 310 g/mol. The van der Waals surface area contributed by atoms with Crippen molar-refractivity contribution in [2.45, 2.75) is 43.0 Å². The van der Waals surface area contributed by atoms with Crippen molar-refractivity contribution >= 4 is 21.4 Å². The van der Waals surface area contributed by atoms with Crippen LogP contribution in [0.25, 0.3) is 0 Å². The fourth-order valence-corrected chi connectivity index (χ4v) is 3.16. The van der Waals surface area contributed by atoms with Crippen molar-refractivity contribution in [3.63, 3.8) is 0 Å². The Labute approximate surface area is 126 Å². The van der Waals surface area contributed by atoms with Crippen LogP contribution in [0, 0.1) is 0 Å². The fourth-order valence-electron chi connectivity index (χ4n) is 2.53. The molecule has 0 unspecified atom stereocenters. The predicted molar refractivity (Wildman–Crippen MR) is 83.1 cm³/mol. The Hall–Kier alpha value is -1.56. The van der Waals surface area contributed by atoms with Gasteiger partial charge in [0.2, 0.25) is 5.91 Å². The van der Waals surface area contributed by atoms with Crippen molar-refractivity contribution in [2.24, 2.45) is 0 Å². The molecule has 0 radical (unpaired) electrons. The SMILES string of the molecule is CS(=O)(=O)c1ccc(NCC(=O)NC2CCCCC2)cc1. The number of benzene rings is 1. The monoisotopic (exact) mass is 310 g/mol. The molecule has 0 spiro atoms. The van der Waals surface area contributed by atoms with E-state index in [0.29, 0.717) is 6.04 Å². The van der Waals surface area contributed by atoms with Crippen LogP contribution in [0.1, 0.15) is 32.1 Å². The van der Waals surface area contributed by atoms with Crippen molar-refractivity contribution in [1.82, 2.24) is 5.32 Å². The lowest BCUT2D eigenvalue weighted by Crippen LogP contribution is -2.39. The van der Waals surface area contributed by atoms with Gasteiger partial charge in [-0.15, -0.1) is 0 Å². The Bertz CT molecular complexity index is 575. The first-order valence-corrected chi connectivity index (χ1v) is 9.17. The van der Waals surface area contributed by atoms with Crippen LogP contribution in [-0.2, 0) is 14.6 Å². The molecule has 0 saturated heterocycles. The molecule has 1 aromatic rings. The van der Waals surface area contributed by atoms with Crippen LogP contribution in [0.4, 0.5) is 5.69 Å². The molecule has 116 valence electrons. The van der Waals surface area contributed by atoms with Gasteiger partial charge >= 0.3 is 0 Å². The number of hydrogen-bond donors (Lipinski definition) is 2. The fraction of sp³-hybridized carbons (Fsp3) is 0.533. The average Bonchev–Trinajstić information content (AvgIpc) is 2.46. The number of amides is 1. The van der Waals surface area contributed by atoms with Crippen LogP contribution in [0.15, 0.2) is 29.2 Å². The van der Waals surface area contributed by atoms with Gasteiger partial charge in [-0.25, -0.2) is 8.42 Å². The summed E-state index contributed by atoms with van der Waals surface area (Å²) in [6, 6.07) is 6.72. The van der Waals surface area contributed by atoms with E-state index in [0.717, 1.165) is 18.5 Å². The molecule has 1 aliphatic carbocycles. The Morgan fingerprint density at radius 2 is 1.76 bits per heavy atom. The highest BCUT2D eigenvalue weighted by Gasteiger charge is 2.15. The lowest BCUT2D eigenvalue weighted by atomic mass is 9.95. The normalized spacial score (nSPS) is 16.4. The van der Waals surface area contributed by atoms with E-state index in [2.05, 4.69) is 10.6 Å². The van der Waals surface area contributed by atoms with Gasteiger partial charge in [0.05, 0.1) is 11.4 Å². The molecule has 0 aliphatic heterocycles. The first-order chi connectivity index (χ1) is 9.95. The van der Waals surface area contributed by atoms with Crippen molar-refractivity contribution in [3.05, 3.63) is 24.3 Å². The first kappa shape index (κ1) is 15.8. The molecule has 5 nitrogen and oxygen atoms in total. The summed E-state index contributed by atoms with van der Waals surface area (Å²) in [6.45, 7) is 0.203. The molecule has 1 aromatic carbocycles. The maximum absolute atomic E-state index is 11.8. The van der Waals surface area contributed by atoms with Crippen molar-refractivity contribution in [3.8, 4) is 0 Å². The molecular weight excluding hydrogens is 288 g/mol. The zero-order valence-corrected chi connectivity index (χ0v) is 13.1. The zero-order chi connectivity index (χ0) is 15.3. The van der Waals surface area contributed by atoms with Crippen LogP contribution in [-0.4, -0.2) is 33.2 Å². The number of sulfone groups is 1. The molecule has 0 aromatic heterocycles. The van der Waals surface area contributed by atoms with E-state index in [1.165, 1.54) is 37.7 Å². The maximum Gasteiger partial charge on any atom is 0.239 e. The summed E-state index contributed by atoms with van der Waals surface area (Å²) in [7, 11) is -3.18. The van der Waals surface area contributed by atoms with Crippen molar-refractivity contribution in [1.29, 1.82) is 0 Å². The minimum atomic E-state index is -3.18. The van der Waals surface area contributed by atoms with Gasteiger partial charge in [0.1, 0.15) is 0 Å². The maximum atomic E-state index is 11.8. The summed E-state index contributed by atoms with van der Waals surface area (Å²) in [5.74, 6) is -0.0194. The second-order valence-electron chi connectivity index (χ2n) is 5.55. The minimum absolute atomic E-state index is 0.0194. The molecule has 2 N–H and O–H groups in total. The standard InChI is InChI=1S/C15H22N2O3S/c1-21(19,20)14-9-7-12(8-10-14)16-11-15(18)17-13-5-3-2-4-6-13/h7-10,13,16H,2-6,11H2,1H3,(H,17,18). The summed E-state index contributed by atoms with van der Waals surface area (Å²) >= 11 is 0. The molecule has 1 saturated carbocycles. The minimum Gasteiger partial charge on any atom is -0.376 e. The van der Waals surface area contributed by atoms with Crippen LogP contribution in [0.3, 0.4) is 0 Å². The van der Waals surface area contributed by atoms with Gasteiger partial charge in [-0.2, -0.15) is 0 Å². The molecule has 1 amide bonds. The summed E-state index contributed by atoms with van der Waals surface area (Å²) in [5, 5.41) is 6.03. The van der Waals surface area contributed by atoms with Crippen LogP contribution in [0.2, 0.25) is 0 Å². The third kappa shape index (κ3) is 5.04. The predicted octanol–water partition coefficient (Wildman–Crippen LogP) is 1.95. The lowest BCUT2D eigenvalue weighted by molar-refractivity contribution is -0.120. The van der Waals surface area contributed by atoms with E-state index < -0.39 is 9.84 Å². The van der Waals surface area contributed by atoms with E-state index >= 15 is 0 Å². The van der Waals surface area contributed by atoms with Crippen LogP contribution < -0.4 is 10.6 Å². The lowest BCUT2D eigenvalue weighted by Gasteiger charge is -2.22. The second-order valence-corrected chi connectivity index (χ2v) is 7.57. The third-order valence-corrected chi connectivity index (χ3v) is 4.83. The van der Waals surface area contributed by atoms with Gasteiger partial charge in [0, 0.05) is 18.0 Å². The van der Waals surface area contributed by atoms with E-state index in [1.807, 2.05) is 0 Å². The van der Waals surface area contributed by atoms with E-state index in [1.54, 1.807) is 12.1 Å². The van der Waals surface area contributed by atoms with Gasteiger partial charge in [-0.05, 0) is 37.1 Å². The van der Waals surface area contributed by atoms with Gasteiger partial charge in [-0.3, -0.25) is 4.79 Å². The number of nitrogens with one attached hydrogen (secondary N) is 2. The van der Waals surface area contributed by atoms with Crippen molar-refractivity contribution in [2.75, 3.05) is 18.1 Å². The van der Waals surface area contributed by atoms with E-state index in [9.17, 15) is 13.2 Å². The number of hydrogen-bond acceptors (Lipinski definition) is 4. The smallest absolute Gasteiger partial charge is 0.239 e. The topological polar surface area (TPSA) is 75.3 Å². The summed E-state index contributed by atoms with van der Waals surface area (Å²) < 4.78 is 22.7. The highest BCUT2D eigenvalue weighted by Crippen LogP contribution is 2.17. The Morgan fingerprint density at radius 3 is 2.33 bits per heavy atom. The Kier molecular flexibility index (Phi) is 5.22. The third-order valence-electron chi connectivity index (χ3n) is 3.71. The van der Waals surface area contributed by atoms with Gasteiger partial charge in [-0.1, -0.05) is 19.3 Å². The van der Waals surface area contributed by atoms with E-state index in [-0.39, 0.29) is 17.3 Å². The zero-order valence-electron chi connectivity index (χ0n) is 12.3. The number of carbonyl (C=O) groups is 1. The molecule has 1 fully saturated rings. The van der Waals surface area contributed by atoms with Crippen molar-refractivity contribution < 1.29 is 13.2 Å². The molecule has 2 rings (SSSR count). The molecule has 1 aliphatic rings. The molecule has 0 atom stereocenters. The number of anilines is 1. The van der Waals surface area contributed by atoms with Crippen LogP contribution >= 0.6 is 0 Å². The molecule has 21 heavy (non-hydrogen) atoms. The summed E-state index contributed by atoms with van der Waals surface area (Å²) in [4.78, 5) is 12.1. The molecular formula is C15H22N2O3S. The largest absolute Gasteiger partial charge is 0.376 e. The Balaban J connectivity index is 1.81. The molecule has 0 bridgehead atoms. The van der Waals surface area contributed by atoms with Crippen LogP contribution in [0.5, 0.6) is 0 Å². The Morgan fingerprint density at radius 1 is 1.14 bits per heavy atom. The molecule has 6 heteroatoms.